The first-order chi connectivity index (χ1) is 9.35. The van der Waals surface area contributed by atoms with Crippen molar-refractivity contribution in [2.75, 3.05) is 44.9 Å². The Hall–Kier alpha value is -1.26. The molecule has 0 saturated heterocycles. The zero-order valence-electron chi connectivity index (χ0n) is 11.9. The smallest absolute Gasteiger partial charge is 0.142 e. The molecule has 1 aliphatic rings. The van der Waals surface area contributed by atoms with E-state index in [4.69, 9.17) is 14.2 Å². The average molecular weight is 265 g/mol. The second-order valence-electron chi connectivity index (χ2n) is 4.62. The van der Waals surface area contributed by atoms with Gasteiger partial charge in [0.25, 0.3) is 0 Å². The van der Waals surface area contributed by atoms with Gasteiger partial charge in [-0.25, -0.2) is 0 Å². The topological polar surface area (TPSA) is 30.9 Å². The summed E-state index contributed by atoms with van der Waals surface area (Å²) in [6.07, 6.45) is 1.03. The summed E-state index contributed by atoms with van der Waals surface area (Å²) in [6.45, 7) is 6.91. The van der Waals surface area contributed by atoms with E-state index < -0.39 is 0 Å². The van der Waals surface area contributed by atoms with E-state index in [1.807, 2.05) is 13.0 Å². The molecule has 0 aromatic heterocycles. The quantitative estimate of drug-likeness (QED) is 0.709. The van der Waals surface area contributed by atoms with Gasteiger partial charge in [0.1, 0.15) is 12.4 Å². The number of ether oxygens (including phenoxy) is 3. The van der Waals surface area contributed by atoms with E-state index in [2.05, 4.69) is 17.0 Å². The van der Waals surface area contributed by atoms with Crippen molar-refractivity contribution >= 4 is 5.69 Å². The molecule has 0 radical (unpaired) electrons. The van der Waals surface area contributed by atoms with E-state index in [1.54, 1.807) is 7.11 Å². The molecule has 4 nitrogen and oxygen atoms in total. The van der Waals surface area contributed by atoms with Crippen LogP contribution in [0.4, 0.5) is 5.69 Å². The van der Waals surface area contributed by atoms with Crippen molar-refractivity contribution in [3.8, 4) is 5.75 Å². The molecule has 0 unspecified atom stereocenters. The lowest BCUT2D eigenvalue weighted by molar-refractivity contribution is 0.134. The van der Waals surface area contributed by atoms with Crippen LogP contribution < -0.4 is 9.64 Å². The molecule has 1 heterocycles. The Bertz CT molecular complexity index is 395. The van der Waals surface area contributed by atoms with Gasteiger partial charge in [0, 0.05) is 26.9 Å². The fourth-order valence-corrected chi connectivity index (χ4v) is 2.26. The molecule has 0 atom stereocenters. The summed E-state index contributed by atoms with van der Waals surface area (Å²) in [5.41, 5.74) is 2.38. The number of fused-ring (bicyclic) bond motifs is 1. The van der Waals surface area contributed by atoms with Crippen LogP contribution in [-0.4, -0.2) is 40.0 Å². The predicted octanol–water partition coefficient (Wildman–Crippen LogP) is 2.46. The summed E-state index contributed by atoms with van der Waals surface area (Å²) in [4.78, 5) is 2.37. The molecule has 0 aliphatic carbocycles. The van der Waals surface area contributed by atoms with E-state index in [0.29, 0.717) is 6.61 Å². The lowest BCUT2D eigenvalue weighted by Gasteiger charge is -2.31. The standard InChI is InChI=1S/C15H23NO3/c1-3-18-12-13-5-6-15-14(11-13)16(8-10-19-15)7-4-9-17-2/h5-6,11H,3-4,7-10,12H2,1-2H3. The predicted molar refractivity (Wildman–Crippen MR) is 76.0 cm³/mol. The van der Waals surface area contributed by atoms with Gasteiger partial charge in [0.2, 0.25) is 0 Å². The van der Waals surface area contributed by atoms with Crippen LogP contribution in [0.3, 0.4) is 0 Å². The van der Waals surface area contributed by atoms with Gasteiger partial charge in [0.05, 0.1) is 18.8 Å². The number of benzene rings is 1. The minimum Gasteiger partial charge on any atom is -0.490 e. The van der Waals surface area contributed by atoms with Crippen molar-refractivity contribution in [1.82, 2.24) is 0 Å². The zero-order chi connectivity index (χ0) is 13.5. The SMILES string of the molecule is CCOCc1ccc2c(c1)N(CCCOC)CCO2. The molecule has 0 saturated carbocycles. The van der Waals surface area contributed by atoms with E-state index in [0.717, 1.165) is 45.1 Å². The molecular weight excluding hydrogens is 242 g/mol. The van der Waals surface area contributed by atoms with E-state index in [-0.39, 0.29) is 0 Å². The number of rotatable bonds is 7. The molecule has 106 valence electrons. The van der Waals surface area contributed by atoms with Crippen LogP contribution in [0.25, 0.3) is 0 Å². The van der Waals surface area contributed by atoms with Gasteiger partial charge < -0.3 is 19.1 Å². The molecule has 2 rings (SSSR count). The Kier molecular flexibility index (Phi) is 5.48. The summed E-state index contributed by atoms with van der Waals surface area (Å²) < 4.78 is 16.3. The van der Waals surface area contributed by atoms with Gasteiger partial charge in [-0.3, -0.25) is 0 Å². The fraction of sp³-hybridized carbons (Fsp3) is 0.600. The highest BCUT2D eigenvalue weighted by Crippen LogP contribution is 2.32. The van der Waals surface area contributed by atoms with Crippen molar-refractivity contribution in [2.24, 2.45) is 0 Å². The molecule has 1 aromatic rings. The summed E-state index contributed by atoms with van der Waals surface area (Å²) in [7, 11) is 1.74. The highest BCUT2D eigenvalue weighted by molar-refractivity contribution is 5.61. The van der Waals surface area contributed by atoms with Crippen LogP contribution in [0.5, 0.6) is 5.75 Å². The van der Waals surface area contributed by atoms with Crippen LogP contribution in [0.1, 0.15) is 18.9 Å². The lowest BCUT2D eigenvalue weighted by atomic mass is 10.1. The number of hydrogen-bond acceptors (Lipinski definition) is 4. The summed E-state index contributed by atoms with van der Waals surface area (Å²) in [5.74, 6) is 0.976. The largest absolute Gasteiger partial charge is 0.490 e. The molecule has 4 heteroatoms. The van der Waals surface area contributed by atoms with Crippen molar-refractivity contribution in [1.29, 1.82) is 0 Å². The van der Waals surface area contributed by atoms with Gasteiger partial charge in [-0.2, -0.15) is 0 Å². The first kappa shape index (κ1) is 14.2. The van der Waals surface area contributed by atoms with Crippen molar-refractivity contribution in [3.63, 3.8) is 0 Å². The molecule has 1 aromatic carbocycles. The van der Waals surface area contributed by atoms with Gasteiger partial charge in [-0.1, -0.05) is 6.07 Å². The lowest BCUT2D eigenvalue weighted by Crippen LogP contribution is -2.34. The van der Waals surface area contributed by atoms with Crippen LogP contribution >= 0.6 is 0 Å². The van der Waals surface area contributed by atoms with E-state index >= 15 is 0 Å². The Morgan fingerprint density at radius 1 is 1.37 bits per heavy atom. The highest BCUT2D eigenvalue weighted by Gasteiger charge is 2.17. The third-order valence-electron chi connectivity index (χ3n) is 3.23. The number of nitrogens with zero attached hydrogens (tertiary/aromatic N) is 1. The van der Waals surface area contributed by atoms with Gasteiger partial charge in [-0.05, 0) is 31.0 Å². The Morgan fingerprint density at radius 2 is 2.26 bits per heavy atom. The fourth-order valence-electron chi connectivity index (χ4n) is 2.26. The summed E-state index contributed by atoms with van der Waals surface area (Å²) in [5, 5.41) is 0. The second kappa shape index (κ2) is 7.36. The van der Waals surface area contributed by atoms with Crippen molar-refractivity contribution in [2.45, 2.75) is 20.0 Å². The Morgan fingerprint density at radius 3 is 3.05 bits per heavy atom. The van der Waals surface area contributed by atoms with Crippen LogP contribution in [0.15, 0.2) is 18.2 Å². The Balaban J connectivity index is 2.06. The first-order valence-electron chi connectivity index (χ1n) is 6.92. The molecule has 0 amide bonds. The number of hydrogen-bond donors (Lipinski definition) is 0. The summed E-state index contributed by atoms with van der Waals surface area (Å²) in [6, 6.07) is 6.30. The van der Waals surface area contributed by atoms with Crippen molar-refractivity contribution < 1.29 is 14.2 Å². The van der Waals surface area contributed by atoms with E-state index in [1.165, 1.54) is 11.3 Å². The maximum Gasteiger partial charge on any atom is 0.142 e. The molecule has 1 aliphatic heterocycles. The maximum atomic E-state index is 5.71. The van der Waals surface area contributed by atoms with Gasteiger partial charge in [0.15, 0.2) is 0 Å². The third-order valence-corrected chi connectivity index (χ3v) is 3.23. The molecule has 0 N–H and O–H groups in total. The summed E-state index contributed by atoms with van der Waals surface area (Å²) >= 11 is 0. The van der Waals surface area contributed by atoms with Gasteiger partial charge in [-0.15, -0.1) is 0 Å². The molecule has 0 bridgehead atoms. The number of anilines is 1. The van der Waals surface area contributed by atoms with E-state index in [9.17, 15) is 0 Å². The monoisotopic (exact) mass is 265 g/mol. The number of methoxy groups -OCH3 is 1. The van der Waals surface area contributed by atoms with Gasteiger partial charge >= 0.3 is 0 Å². The van der Waals surface area contributed by atoms with Crippen LogP contribution in [0, 0.1) is 0 Å². The molecule has 0 fully saturated rings. The molecule has 19 heavy (non-hydrogen) atoms. The third kappa shape index (κ3) is 3.85. The molecule has 0 spiro atoms. The minimum absolute atomic E-state index is 0.662. The molecular formula is C15H23NO3. The maximum absolute atomic E-state index is 5.71. The van der Waals surface area contributed by atoms with Crippen molar-refractivity contribution in [3.05, 3.63) is 23.8 Å². The van der Waals surface area contributed by atoms with Crippen LogP contribution in [0.2, 0.25) is 0 Å². The van der Waals surface area contributed by atoms with Crippen LogP contribution in [-0.2, 0) is 16.1 Å². The first-order valence-corrected chi connectivity index (χ1v) is 6.92. The normalized spacial score (nSPS) is 14.1. The second-order valence-corrected chi connectivity index (χ2v) is 4.62. The minimum atomic E-state index is 0.662. The average Bonchev–Trinajstić information content (AvgIpc) is 2.45. The Labute approximate surface area is 115 Å². The highest BCUT2D eigenvalue weighted by atomic mass is 16.5. The zero-order valence-corrected chi connectivity index (χ0v) is 11.9.